The summed E-state index contributed by atoms with van der Waals surface area (Å²) in [6.45, 7) is 1.92. The smallest absolute Gasteiger partial charge is 0.172 e. The lowest BCUT2D eigenvalue weighted by atomic mass is 10.0. The highest BCUT2D eigenvalue weighted by molar-refractivity contribution is 6.11. The van der Waals surface area contributed by atoms with Crippen LogP contribution in [0.5, 0.6) is 0 Å². The van der Waals surface area contributed by atoms with Crippen molar-refractivity contribution in [2.24, 2.45) is 5.92 Å². The molecule has 1 saturated carbocycles. The van der Waals surface area contributed by atoms with E-state index in [1.807, 2.05) is 6.92 Å². The monoisotopic (exact) mass is 156 g/mol. The first-order valence-corrected chi connectivity index (χ1v) is 3.91. The predicted molar refractivity (Wildman–Crippen MR) is 39.0 cm³/mol. The summed E-state index contributed by atoms with van der Waals surface area (Å²) >= 11 is 0. The van der Waals surface area contributed by atoms with E-state index in [0.29, 0.717) is 6.42 Å². The number of Topliss-reactive ketones (excluding diaryl/α,β-unsaturated/α-hetero) is 2. The first kappa shape index (κ1) is 8.40. The predicted octanol–water partition coefficient (Wildman–Crippen LogP) is 0.305. The molecule has 0 bridgehead atoms. The Bertz CT molecular complexity index is 186. The minimum absolute atomic E-state index is 0.0312. The molecule has 1 N–H and O–H groups in total. The van der Waals surface area contributed by atoms with Gasteiger partial charge < -0.3 is 5.11 Å². The van der Waals surface area contributed by atoms with Crippen molar-refractivity contribution < 1.29 is 14.7 Å². The summed E-state index contributed by atoms with van der Waals surface area (Å²) in [6.07, 6.45) is 0.423. The summed E-state index contributed by atoms with van der Waals surface area (Å²) in [5, 5.41) is 8.99. The maximum absolute atomic E-state index is 11.0. The fraction of sp³-hybridized carbons (Fsp3) is 0.750. The minimum atomic E-state index is -1.01. The Balaban J connectivity index is 2.64. The first-order chi connectivity index (χ1) is 5.16. The fourth-order valence-electron chi connectivity index (χ4n) is 1.42. The third kappa shape index (κ3) is 1.48. The van der Waals surface area contributed by atoms with Gasteiger partial charge in [-0.1, -0.05) is 13.3 Å². The van der Waals surface area contributed by atoms with Gasteiger partial charge in [0.1, 0.15) is 11.9 Å². The number of ketones is 2. The zero-order valence-corrected chi connectivity index (χ0v) is 6.54. The molecule has 0 radical (unpaired) electrons. The lowest BCUT2D eigenvalue weighted by Crippen LogP contribution is -2.19. The van der Waals surface area contributed by atoms with Gasteiger partial charge in [-0.05, 0) is 6.42 Å². The molecule has 62 valence electrons. The third-order valence-electron chi connectivity index (χ3n) is 2.03. The standard InChI is InChI=1S/C8H12O3/c1-2-3-5-6(9)4-7(10)8(5)11/h5,7,10H,2-4H2,1H3/t5-,7?/m1/s1. The zero-order chi connectivity index (χ0) is 8.43. The Hall–Kier alpha value is -0.700. The molecule has 1 unspecified atom stereocenters. The van der Waals surface area contributed by atoms with Crippen molar-refractivity contribution in [1.82, 2.24) is 0 Å². The molecule has 0 heterocycles. The van der Waals surface area contributed by atoms with Gasteiger partial charge in [-0.25, -0.2) is 0 Å². The van der Waals surface area contributed by atoms with Crippen molar-refractivity contribution in [3.05, 3.63) is 0 Å². The van der Waals surface area contributed by atoms with E-state index in [4.69, 9.17) is 5.11 Å². The lowest BCUT2D eigenvalue weighted by molar-refractivity contribution is -0.130. The van der Waals surface area contributed by atoms with Gasteiger partial charge in [0.15, 0.2) is 5.78 Å². The van der Waals surface area contributed by atoms with Crippen LogP contribution in [0.3, 0.4) is 0 Å². The summed E-state index contributed by atoms with van der Waals surface area (Å²) in [4.78, 5) is 22.0. The topological polar surface area (TPSA) is 54.4 Å². The molecule has 1 aliphatic rings. The molecule has 0 spiro atoms. The third-order valence-corrected chi connectivity index (χ3v) is 2.03. The van der Waals surface area contributed by atoms with Crippen LogP contribution in [0.15, 0.2) is 0 Å². The van der Waals surface area contributed by atoms with E-state index < -0.39 is 12.0 Å². The van der Waals surface area contributed by atoms with Crippen LogP contribution in [-0.2, 0) is 9.59 Å². The minimum Gasteiger partial charge on any atom is -0.385 e. The number of rotatable bonds is 2. The number of carbonyl (C=O) groups is 2. The molecule has 1 aliphatic carbocycles. The molecule has 3 heteroatoms. The average molecular weight is 156 g/mol. The van der Waals surface area contributed by atoms with Crippen molar-refractivity contribution >= 4 is 11.6 Å². The zero-order valence-electron chi connectivity index (χ0n) is 6.54. The Morgan fingerprint density at radius 1 is 1.55 bits per heavy atom. The number of aliphatic hydroxyl groups is 1. The van der Waals surface area contributed by atoms with Crippen LogP contribution in [0.25, 0.3) is 0 Å². The molecule has 0 aromatic heterocycles. The van der Waals surface area contributed by atoms with Crippen LogP contribution in [0, 0.1) is 5.92 Å². The summed E-state index contributed by atoms with van der Waals surface area (Å²) in [5.74, 6) is -0.879. The highest BCUT2D eigenvalue weighted by Crippen LogP contribution is 2.22. The highest BCUT2D eigenvalue weighted by atomic mass is 16.3. The van der Waals surface area contributed by atoms with Crippen molar-refractivity contribution in [3.8, 4) is 0 Å². The second-order valence-electron chi connectivity index (χ2n) is 2.93. The summed E-state index contributed by atoms with van der Waals surface area (Å²) < 4.78 is 0. The van der Waals surface area contributed by atoms with Crippen LogP contribution in [-0.4, -0.2) is 22.8 Å². The molecular formula is C8H12O3. The van der Waals surface area contributed by atoms with Gasteiger partial charge in [0.2, 0.25) is 0 Å². The number of carbonyl (C=O) groups excluding carboxylic acids is 2. The lowest BCUT2D eigenvalue weighted by Gasteiger charge is -2.02. The maximum Gasteiger partial charge on any atom is 0.172 e. The Morgan fingerprint density at radius 2 is 2.18 bits per heavy atom. The molecule has 3 nitrogen and oxygen atoms in total. The van der Waals surface area contributed by atoms with E-state index in [-0.39, 0.29) is 18.0 Å². The summed E-state index contributed by atoms with van der Waals surface area (Å²) in [6, 6.07) is 0. The average Bonchev–Trinajstić information content (AvgIpc) is 2.17. The number of hydrogen-bond acceptors (Lipinski definition) is 3. The second-order valence-corrected chi connectivity index (χ2v) is 2.93. The quantitative estimate of drug-likeness (QED) is 0.585. The van der Waals surface area contributed by atoms with E-state index in [0.717, 1.165) is 6.42 Å². The largest absolute Gasteiger partial charge is 0.385 e. The Labute approximate surface area is 65.4 Å². The number of aliphatic hydroxyl groups excluding tert-OH is 1. The van der Waals surface area contributed by atoms with Gasteiger partial charge in [-0.3, -0.25) is 9.59 Å². The Kier molecular flexibility index (Phi) is 2.39. The molecule has 2 atom stereocenters. The van der Waals surface area contributed by atoms with Crippen molar-refractivity contribution in [1.29, 1.82) is 0 Å². The van der Waals surface area contributed by atoms with Gasteiger partial charge >= 0.3 is 0 Å². The number of hydrogen-bond donors (Lipinski definition) is 1. The normalized spacial score (nSPS) is 31.5. The van der Waals surface area contributed by atoms with E-state index >= 15 is 0 Å². The highest BCUT2D eigenvalue weighted by Gasteiger charge is 2.38. The first-order valence-electron chi connectivity index (χ1n) is 3.91. The van der Waals surface area contributed by atoms with E-state index in [2.05, 4.69) is 0 Å². The summed E-state index contributed by atoms with van der Waals surface area (Å²) in [7, 11) is 0. The molecule has 0 saturated heterocycles. The fourth-order valence-corrected chi connectivity index (χ4v) is 1.42. The van der Waals surface area contributed by atoms with Crippen LogP contribution in [0.4, 0.5) is 0 Å². The van der Waals surface area contributed by atoms with Crippen molar-refractivity contribution in [2.75, 3.05) is 0 Å². The van der Waals surface area contributed by atoms with Gasteiger partial charge in [0.05, 0.1) is 5.92 Å². The summed E-state index contributed by atoms with van der Waals surface area (Å²) in [5.41, 5.74) is 0. The van der Waals surface area contributed by atoms with Gasteiger partial charge in [-0.15, -0.1) is 0 Å². The molecule has 0 amide bonds. The molecule has 0 aromatic carbocycles. The molecule has 11 heavy (non-hydrogen) atoms. The Morgan fingerprint density at radius 3 is 2.55 bits per heavy atom. The molecule has 0 aliphatic heterocycles. The molecule has 1 rings (SSSR count). The SMILES string of the molecule is CCC[C@@H]1C(=O)CC(O)C1=O. The van der Waals surface area contributed by atoms with Crippen LogP contribution < -0.4 is 0 Å². The maximum atomic E-state index is 11.0. The van der Waals surface area contributed by atoms with Crippen LogP contribution >= 0.6 is 0 Å². The van der Waals surface area contributed by atoms with Gasteiger partial charge in [0, 0.05) is 6.42 Å². The van der Waals surface area contributed by atoms with Crippen molar-refractivity contribution in [3.63, 3.8) is 0 Å². The van der Waals surface area contributed by atoms with E-state index in [1.54, 1.807) is 0 Å². The van der Waals surface area contributed by atoms with E-state index in [1.165, 1.54) is 0 Å². The van der Waals surface area contributed by atoms with E-state index in [9.17, 15) is 9.59 Å². The van der Waals surface area contributed by atoms with Crippen molar-refractivity contribution in [2.45, 2.75) is 32.3 Å². The van der Waals surface area contributed by atoms with Crippen LogP contribution in [0.2, 0.25) is 0 Å². The molecule has 0 aromatic rings. The van der Waals surface area contributed by atoms with Crippen LogP contribution in [0.1, 0.15) is 26.2 Å². The van der Waals surface area contributed by atoms with Gasteiger partial charge in [-0.2, -0.15) is 0 Å². The molecular weight excluding hydrogens is 144 g/mol. The second kappa shape index (κ2) is 3.13. The molecule has 1 fully saturated rings. The van der Waals surface area contributed by atoms with Gasteiger partial charge in [0.25, 0.3) is 0 Å².